The fourth-order valence-corrected chi connectivity index (χ4v) is 2.14. The first-order valence-electron chi connectivity index (χ1n) is 3.93. The summed E-state index contributed by atoms with van der Waals surface area (Å²) >= 11 is 1.52. The van der Waals surface area contributed by atoms with Crippen LogP contribution in [0, 0.1) is 6.92 Å². The Hall–Kier alpha value is -0.870. The lowest BCUT2D eigenvalue weighted by Gasteiger charge is -1.98. The Morgan fingerprint density at radius 2 is 2.38 bits per heavy atom. The van der Waals surface area contributed by atoms with E-state index in [9.17, 15) is 4.79 Å². The molecule has 13 heavy (non-hydrogen) atoms. The van der Waals surface area contributed by atoms with Crippen molar-refractivity contribution in [1.29, 1.82) is 0 Å². The van der Waals surface area contributed by atoms with Gasteiger partial charge in [-0.2, -0.15) is 0 Å². The van der Waals surface area contributed by atoms with Gasteiger partial charge in [0.25, 0.3) is 0 Å². The van der Waals surface area contributed by atoms with Crippen molar-refractivity contribution in [1.82, 2.24) is 0 Å². The lowest BCUT2D eigenvalue weighted by Crippen LogP contribution is -2.04. The van der Waals surface area contributed by atoms with Gasteiger partial charge in [0.2, 0.25) is 0 Å². The van der Waals surface area contributed by atoms with E-state index in [2.05, 4.69) is 4.74 Å². The molecule has 1 aromatic rings. The molecule has 0 bridgehead atoms. The summed E-state index contributed by atoms with van der Waals surface area (Å²) in [5.74, 6) is -0.267. The average Bonchev–Trinajstić information content (AvgIpc) is 2.46. The molecule has 72 valence electrons. The first kappa shape index (κ1) is 10.2. The van der Waals surface area contributed by atoms with Gasteiger partial charge in [-0.15, -0.1) is 11.3 Å². The molecule has 0 unspecified atom stereocenters. The summed E-state index contributed by atoms with van der Waals surface area (Å²) in [4.78, 5) is 13.0. The van der Waals surface area contributed by atoms with Gasteiger partial charge in [0.1, 0.15) is 0 Å². The lowest BCUT2D eigenvalue weighted by atomic mass is 10.2. The maximum absolute atomic E-state index is 11.0. The fraction of sp³-hybridized carbons (Fsp3) is 0.444. The van der Waals surface area contributed by atoms with Crippen molar-refractivity contribution >= 4 is 17.3 Å². The zero-order valence-electron chi connectivity index (χ0n) is 7.66. The standard InChI is InChI=1S/C9H12O3S/c1-6-3-7(5-10)8(13-6)4-9(11)12-2/h3,10H,4-5H2,1-2H3. The second-order valence-electron chi connectivity index (χ2n) is 2.72. The van der Waals surface area contributed by atoms with E-state index in [0.717, 1.165) is 15.3 Å². The van der Waals surface area contributed by atoms with Crippen LogP contribution in [0.25, 0.3) is 0 Å². The van der Waals surface area contributed by atoms with Crippen molar-refractivity contribution in [3.63, 3.8) is 0 Å². The van der Waals surface area contributed by atoms with Crippen LogP contribution in [-0.2, 0) is 22.6 Å². The van der Waals surface area contributed by atoms with Gasteiger partial charge in [-0.3, -0.25) is 4.79 Å². The number of thiophene rings is 1. The summed E-state index contributed by atoms with van der Waals surface area (Å²) in [6.45, 7) is 1.93. The minimum absolute atomic E-state index is 0.0172. The minimum atomic E-state index is -0.267. The molecule has 0 atom stereocenters. The fourth-order valence-electron chi connectivity index (χ4n) is 1.10. The van der Waals surface area contributed by atoms with Crippen molar-refractivity contribution in [2.24, 2.45) is 0 Å². The van der Waals surface area contributed by atoms with E-state index < -0.39 is 0 Å². The Morgan fingerprint density at radius 3 is 2.92 bits per heavy atom. The Bertz CT molecular complexity index is 304. The second kappa shape index (κ2) is 4.39. The van der Waals surface area contributed by atoms with E-state index in [0.29, 0.717) is 0 Å². The summed E-state index contributed by atoms with van der Waals surface area (Å²) < 4.78 is 4.55. The SMILES string of the molecule is COC(=O)Cc1sc(C)cc1CO. The van der Waals surface area contributed by atoms with E-state index in [1.807, 2.05) is 13.0 Å². The summed E-state index contributed by atoms with van der Waals surface area (Å²) in [5.41, 5.74) is 0.827. The number of aliphatic hydroxyl groups excluding tert-OH is 1. The molecule has 0 radical (unpaired) electrons. The Kier molecular flexibility index (Phi) is 3.45. The van der Waals surface area contributed by atoms with Crippen molar-refractivity contribution in [2.45, 2.75) is 20.0 Å². The lowest BCUT2D eigenvalue weighted by molar-refractivity contribution is -0.139. The molecule has 0 aliphatic rings. The quantitative estimate of drug-likeness (QED) is 0.747. The van der Waals surface area contributed by atoms with Gasteiger partial charge in [-0.25, -0.2) is 0 Å². The van der Waals surface area contributed by atoms with Crippen LogP contribution in [-0.4, -0.2) is 18.2 Å². The third kappa shape index (κ3) is 2.54. The minimum Gasteiger partial charge on any atom is -0.469 e. The third-order valence-electron chi connectivity index (χ3n) is 1.72. The van der Waals surface area contributed by atoms with E-state index in [1.165, 1.54) is 18.4 Å². The molecule has 0 spiro atoms. The van der Waals surface area contributed by atoms with Crippen molar-refractivity contribution < 1.29 is 14.6 Å². The van der Waals surface area contributed by atoms with Crippen molar-refractivity contribution in [3.05, 3.63) is 21.4 Å². The first-order chi connectivity index (χ1) is 6.17. The number of carbonyl (C=O) groups is 1. The molecule has 0 saturated carbocycles. The van der Waals surface area contributed by atoms with Crippen LogP contribution in [0.5, 0.6) is 0 Å². The molecule has 1 rings (SSSR count). The Balaban J connectivity index is 2.80. The van der Waals surface area contributed by atoms with E-state index >= 15 is 0 Å². The second-order valence-corrected chi connectivity index (χ2v) is 4.06. The topological polar surface area (TPSA) is 46.5 Å². The average molecular weight is 200 g/mol. The summed E-state index contributed by atoms with van der Waals surface area (Å²) in [6.07, 6.45) is 0.255. The number of ether oxygens (including phenoxy) is 1. The molecule has 3 nitrogen and oxygen atoms in total. The molecule has 0 fully saturated rings. The third-order valence-corrected chi connectivity index (χ3v) is 2.82. The largest absolute Gasteiger partial charge is 0.469 e. The maximum atomic E-state index is 11.0. The smallest absolute Gasteiger partial charge is 0.310 e. The molecule has 0 aliphatic carbocycles. The van der Waals surface area contributed by atoms with Gasteiger partial charge in [0.05, 0.1) is 20.1 Å². The number of rotatable bonds is 3. The predicted molar refractivity (Wildman–Crippen MR) is 50.7 cm³/mol. The number of esters is 1. The summed E-state index contributed by atoms with van der Waals surface area (Å²) in [6, 6.07) is 1.89. The maximum Gasteiger partial charge on any atom is 0.310 e. The van der Waals surface area contributed by atoms with Crippen LogP contribution in [0.15, 0.2) is 6.07 Å². The molecule has 1 N–H and O–H groups in total. The normalized spacial score (nSPS) is 10.1. The van der Waals surface area contributed by atoms with Crippen molar-refractivity contribution in [2.75, 3.05) is 7.11 Å². The van der Waals surface area contributed by atoms with E-state index in [4.69, 9.17) is 5.11 Å². The molecular formula is C9H12O3S. The highest BCUT2D eigenvalue weighted by molar-refractivity contribution is 7.12. The zero-order valence-corrected chi connectivity index (χ0v) is 8.48. The summed E-state index contributed by atoms with van der Waals surface area (Å²) in [5, 5.41) is 8.97. The highest BCUT2D eigenvalue weighted by atomic mass is 32.1. The highest BCUT2D eigenvalue weighted by Crippen LogP contribution is 2.22. The molecule has 1 aromatic heterocycles. The zero-order chi connectivity index (χ0) is 9.84. The first-order valence-corrected chi connectivity index (χ1v) is 4.75. The number of carbonyl (C=O) groups excluding carboxylic acids is 1. The van der Waals surface area contributed by atoms with Crippen LogP contribution in [0.2, 0.25) is 0 Å². The molecule has 4 heteroatoms. The molecule has 0 amide bonds. The van der Waals surface area contributed by atoms with Crippen LogP contribution < -0.4 is 0 Å². The van der Waals surface area contributed by atoms with E-state index in [1.54, 1.807) is 0 Å². The van der Waals surface area contributed by atoms with Crippen LogP contribution in [0.3, 0.4) is 0 Å². The summed E-state index contributed by atoms with van der Waals surface area (Å²) in [7, 11) is 1.36. The molecule has 1 heterocycles. The Morgan fingerprint density at radius 1 is 1.69 bits per heavy atom. The molecule has 0 aliphatic heterocycles. The number of methoxy groups -OCH3 is 1. The van der Waals surface area contributed by atoms with Crippen LogP contribution >= 0.6 is 11.3 Å². The number of hydrogen-bond donors (Lipinski definition) is 1. The van der Waals surface area contributed by atoms with E-state index in [-0.39, 0.29) is 19.0 Å². The highest BCUT2D eigenvalue weighted by Gasteiger charge is 2.10. The number of aryl methyl sites for hydroxylation is 1. The number of aliphatic hydroxyl groups is 1. The van der Waals surface area contributed by atoms with Crippen LogP contribution in [0.1, 0.15) is 15.3 Å². The van der Waals surface area contributed by atoms with Gasteiger partial charge in [-0.05, 0) is 18.6 Å². The molecular weight excluding hydrogens is 188 g/mol. The van der Waals surface area contributed by atoms with Gasteiger partial charge < -0.3 is 9.84 Å². The van der Waals surface area contributed by atoms with Gasteiger partial charge >= 0.3 is 5.97 Å². The molecule has 0 aromatic carbocycles. The van der Waals surface area contributed by atoms with Crippen LogP contribution in [0.4, 0.5) is 0 Å². The Labute approximate surface area is 81.0 Å². The van der Waals surface area contributed by atoms with Gasteiger partial charge in [0, 0.05) is 9.75 Å². The number of hydrogen-bond acceptors (Lipinski definition) is 4. The monoisotopic (exact) mass is 200 g/mol. The van der Waals surface area contributed by atoms with Gasteiger partial charge in [-0.1, -0.05) is 0 Å². The molecule has 0 saturated heterocycles. The predicted octanol–water partition coefficient (Wildman–Crippen LogP) is 1.26. The van der Waals surface area contributed by atoms with Gasteiger partial charge in [0.15, 0.2) is 0 Å². The van der Waals surface area contributed by atoms with Crippen molar-refractivity contribution in [3.8, 4) is 0 Å².